The fourth-order valence-electron chi connectivity index (χ4n) is 2.40. The van der Waals surface area contributed by atoms with E-state index < -0.39 is 0 Å². The standard InChI is InChI=1S/C17H26N2OS/c1-12(19-16(20)15-11-21-10-9-18-15)13-5-7-14(8-6-13)17(2,3)4/h5-8,12,15,18H,9-11H2,1-4H3,(H,19,20). The number of thioether (sulfide) groups is 1. The first kappa shape index (κ1) is 16.4. The smallest absolute Gasteiger partial charge is 0.238 e. The normalized spacial score (nSPS) is 20.9. The van der Waals surface area contributed by atoms with E-state index in [1.54, 1.807) is 0 Å². The Bertz CT molecular complexity index is 473. The van der Waals surface area contributed by atoms with Gasteiger partial charge in [0.25, 0.3) is 0 Å². The number of nitrogens with one attached hydrogen (secondary N) is 2. The van der Waals surface area contributed by atoms with Crippen LogP contribution < -0.4 is 10.6 Å². The quantitative estimate of drug-likeness (QED) is 0.902. The van der Waals surface area contributed by atoms with E-state index >= 15 is 0 Å². The molecule has 1 saturated heterocycles. The zero-order valence-corrected chi connectivity index (χ0v) is 14.2. The molecule has 1 amide bonds. The molecule has 3 nitrogen and oxygen atoms in total. The number of carbonyl (C=O) groups excluding carboxylic acids is 1. The molecule has 116 valence electrons. The summed E-state index contributed by atoms with van der Waals surface area (Å²) < 4.78 is 0. The molecule has 2 rings (SSSR count). The fraction of sp³-hybridized carbons (Fsp3) is 0.588. The summed E-state index contributed by atoms with van der Waals surface area (Å²) >= 11 is 1.84. The molecule has 1 heterocycles. The fourth-order valence-corrected chi connectivity index (χ4v) is 3.34. The van der Waals surface area contributed by atoms with Crippen LogP contribution in [0, 0.1) is 0 Å². The van der Waals surface area contributed by atoms with Crippen LogP contribution >= 0.6 is 11.8 Å². The Balaban J connectivity index is 1.96. The lowest BCUT2D eigenvalue weighted by Crippen LogP contribution is -2.49. The molecule has 0 bridgehead atoms. The van der Waals surface area contributed by atoms with Crippen LogP contribution in [0.4, 0.5) is 0 Å². The lowest BCUT2D eigenvalue weighted by Gasteiger charge is -2.25. The molecule has 21 heavy (non-hydrogen) atoms. The topological polar surface area (TPSA) is 41.1 Å². The van der Waals surface area contributed by atoms with Gasteiger partial charge in [-0.3, -0.25) is 4.79 Å². The third-order valence-electron chi connectivity index (χ3n) is 3.87. The third-order valence-corrected chi connectivity index (χ3v) is 4.94. The van der Waals surface area contributed by atoms with Crippen LogP contribution in [-0.2, 0) is 10.2 Å². The highest BCUT2D eigenvalue weighted by Gasteiger charge is 2.22. The van der Waals surface area contributed by atoms with Crippen LogP contribution in [0.3, 0.4) is 0 Å². The van der Waals surface area contributed by atoms with Crippen molar-refractivity contribution in [1.82, 2.24) is 10.6 Å². The van der Waals surface area contributed by atoms with Crippen LogP contribution in [0.1, 0.15) is 44.9 Å². The second-order valence-electron chi connectivity index (χ2n) is 6.68. The summed E-state index contributed by atoms with van der Waals surface area (Å²) in [5, 5.41) is 6.38. The Morgan fingerprint density at radius 1 is 1.33 bits per heavy atom. The minimum Gasteiger partial charge on any atom is -0.348 e. The summed E-state index contributed by atoms with van der Waals surface area (Å²) in [5.41, 5.74) is 2.63. The van der Waals surface area contributed by atoms with Gasteiger partial charge in [-0.15, -0.1) is 0 Å². The van der Waals surface area contributed by atoms with Gasteiger partial charge in [-0.2, -0.15) is 11.8 Å². The first-order valence-electron chi connectivity index (χ1n) is 7.60. The maximum atomic E-state index is 12.2. The molecule has 1 aromatic rings. The molecule has 0 radical (unpaired) electrons. The number of carbonyl (C=O) groups is 1. The van der Waals surface area contributed by atoms with Gasteiger partial charge in [0.1, 0.15) is 0 Å². The summed E-state index contributed by atoms with van der Waals surface area (Å²) in [5.74, 6) is 2.06. The molecule has 0 spiro atoms. The highest BCUT2D eigenvalue weighted by molar-refractivity contribution is 7.99. The van der Waals surface area contributed by atoms with Gasteiger partial charge in [0, 0.05) is 18.1 Å². The summed E-state index contributed by atoms with van der Waals surface area (Å²) in [7, 11) is 0. The van der Waals surface area contributed by atoms with E-state index in [9.17, 15) is 4.79 Å². The molecule has 2 atom stereocenters. The van der Waals surface area contributed by atoms with Crippen molar-refractivity contribution in [1.29, 1.82) is 0 Å². The Kier molecular flexibility index (Phi) is 5.33. The SMILES string of the molecule is CC(NC(=O)C1CSCCN1)c1ccc(C(C)(C)C)cc1. The molecule has 1 fully saturated rings. The van der Waals surface area contributed by atoms with Gasteiger partial charge in [-0.05, 0) is 23.5 Å². The number of hydrogen-bond acceptors (Lipinski definition) is 3. The minimum atomic E-state index is -0.0555. The molecule has 2 unspecified atom stereocenters. The summed E-state index contributed by atoms with van der Waals surface area (Å²) in [6, 6.07) is 8.54. The molecule has 0 aliphatic carbocycles. The van der Waals surface area contributed by atoms with Gasteiger partial charge < -0.3 is 10.6 Å². The van der Waals surface area contributed by atoms with E-state index in [2.05, 4.69) is 55.7 Å². The highest BCUT2D eigenvalue weighted by Crippen LogP contribution is 2.24. The molecule has 1 aromatic carbocycles. The molecule has 0 aromatic heterocycles. The second kappa shape index (κ2) is 6.84. The van der Waals surface area contributed by atoms with Gasteiger partial charge in [-0.25, -0.2) is 0 Å². The van der Waals surface area contributed by atoms with Crippen LogP contribution in [0.25, 0.3) is 0 Å². The predicted molar refractivity (Wildman–Crippen MR) is 90.8 cm³/mol. The minimum absolute atomic E-state index is 0.0419. The van der Waals surface area contributed by atoms with Crippen LogP contribution in [0.5, 0.6) is 0 Å². The monoisotopic (exact) mass is 306 g/mol. The Labute approximate surface area is 132 Å². The lowest BCUT2D eigenvalue weighted by atomic mass is 9.86. The number of benzene rings is 1. The Hall–Kier alpha value is -1.00. The summed E-state index contributed by atoms with van der Waals surface area (Å²) in [4.78, 5) is 12.2. The van der Waals surface area contributed by atoms with Crippen LogP contribution in [0.2, 0.25) is 0 Å². The average Bonchev–Trinajstić information content (AvgIpc) is 2.47. The largest absolute Gasteiger partial charge is 0.348 e. The first-order chi connectivity index (χ1) is 9.88. The molecular weight excluding hydrogens is 280 g/mol. The third kappa shape index (κ3) is 4.48. The van der Waals surface area contributed by atoms with Gasteiger partial charge in [-0.1, -0.05) is 45.0 Å². The van der Waals surface area contributed by atoms with Crippen molar-refractivity contribution in [2.24, 2.45) is 0 Å². The predicted octanol–water partition coefficient (Wildman–Crippen LogP) is 2.87. The van der Waals surface area contributed by atoms with E-state index in [1.165, 1.54) is 5.56 Å². The first-order valence-corrected chi connectivity index (χ1v) is 8.75. The van der Waals surface area contributed by atoms with E-state index in [1.807, 2.05) is 18.7 Å². The van der Waals surface area contributed by atoms with Crippen molar-refractivity contribution >= 4 is 17.7 Å². The van der Waals surface area contributed by atoms with E-state index in [0.29, 0.717) is 0 Å². The molecule has 0 saturated carbocycles. The lowest BCUT2D eigenvalue weighted by molar-refractivity contribution is -0.123. The summed E-state index contributed by atoms with van der Waals surface area (Å²) in [6.45, 7) is 9.58. The van der Waals surface area contributed by atoms with Crippen LogP contribution in [-0.4, -0.2) is 30.0 Å². The van der Waals surface area contributed by atoms with Crippen molar-refractivity contribution in [3.05, 3.63) is 35.4 Å². The number of hydrogen-bond donors (Lipinski definition) is 2. The van der Waals surface area contributed by atoms with E-state index in [0.717, 1.165) is 23.6 Å². The maximum absolute atomic E-state index is 12.2. The molecule has 1 aliphatic heterocycles. The van der Waals surface area contributed by atoms with Gasteiger partial charge in [0.2, 0.25) is 5.91 Å². The van der Waals surface area contributed by atoms with Crippen molar-refractivity contribution in [3.63, 3.8) is 0 Å². The van der Waals surface area contributed by atoms with Crippen molar-refractivity contribution < 1.29 is 4.79 Å². The molecule has 4 heteroatoms. The zero-order valence-electron chi connectivity index (χ0n) is 13.4. The summed E-state index contributed by atoms with van der Waals surface area (Å²) in [6.07, 6.45) is 0. The molecule has 2 N–H and O–H groups in total. The average molecular weight is 306 g/mol. The van der Waals surface area contributed by atoms with Gasteiger partial charge >= 0.3 is 0 Å². The number of rotatable bonds is 3. The molecule has 1 aliphatic rings. The van der Waals surface area contributed by atoms with E-state index in [-0.39, 0.29) is 23.4 Å². The maximum Gasteiger partial charge on any atom is 0.238 e. The Morgan fingerprint density at radius 3 is 2.52 bits per heavy atom. The second-order valence-corrected chi connectivity index (χ2v) is 7.83. The van der Waals surface area contributed by atoms with Crippen LogP contribution in [0.15, 0.2) is 24.3 Å². The van der Waals surface area contributed by atoms with Crippen molar-refractivity contribution in [2.75, 3.05) is 18.1 Å². The van der Waals surface area contributed by atoms with Gasteiger partial charge in [0.05, 0.1) is 12.1 Å². The van der Waals surface area contributed by atoms with Crippen molar-refractivity contribution in [2.45, 2.75) is 45.2 Å². The number of amides is 1. The van der Waals surface area contributed by atoms with Crippen molar-refractivity contribution in [3.8, 4) is 0 Å². The Morgan fingerprint density at radius 2 is 2.00 bits per heavy atom. The molecular formula is C17H26N2OS. The zero-order chi connectivity index (χ0) is 15.5. The highest BCUT2D eigenvalue weighted by atomic mass is 32.2. The van der Waals surface area contributed by atoms with Gasteiger partial charge in [0.15, 0.2) is 0 Å². The van der Waals surface area contributed by atoms with E-state index in [4.69, 9.17) is 0 Å².